The van der Waals surface area contributed by atoms with Crippen LogP contribution < -0.4 is 17.0 Å². The van der Waals surface area contributed by atoms with Crippen LogP contribution >= 0.6 is 0 Å². The lowest BCUT2D eigenvalue weighted by Crippen LogP contribution is -2.26. The standard InChI is InChI=1S/C17H18N6O/c18-17(19)21-11-15-13-6-1-2-7-14(13)16(24)23(22-15)10-8-12-5-3-4-9-20-12/h1-7,9H,8,10-11H2,(H4,18,19,21). The van der Waals surface area contributed by atoms with Crippen molar-refractivity contribution in [3.8, 4) is 0 Å². The van der Waals surface area contributed by atoms with E-state index >= 15 is 0 Å². The van der Waals surface area contributed by atoms with Crippen LogP contribution in [0.25, 0.3) is 10.8 Å². The molecule has 0 aliphatic carbocycles. The Bertz CT molecular complexity index is 929. The summed E-state index contributed by atoms with van der Waals surface area (Å²) in [4.78, 5) is 20.9. The molecule has 0 bridgehead atoms. The summed E-state index contributed by atoms with van der Waals surface area (Å²) < 4.78 is 1.45. The number of rotatable bonds is 5. The molecule has 0 saturated heterocycles. The van der Waals surface area contributed by atoms with Crippen molar-refractivity contribution in [2.45, 2.75) is 19.5 Å². The smallest absolute Gasteiger partial charge is 0.274 e. The maximum atomic E-state index is 12.6. The van der Waals surface area contributed by atoms with Crippen molar-refractivity contribution in [2.75, 3.05) is 0 Å². The van der Waals surface area contributed by atoms with Gasteiger partial charge in [0.05, 0.1) is 24.2 Å². The summed E-state index contributed by atoms with van der Waals surface area (Å²) in [5.74, 6) is -0.00730. The van der Waals surface area contributed by atoms with Crippen molar-refractivity contribution >= 4 is 16.7 Å². The fourth-order valence-electron chi connectivity index (χ4n) is 2.51. The first-order valence-electron chi connectivity index (χ1n) is 7.59. The van der Waals surface area contributed by atoms with Crippen LogP contribution in [0.4, 0.5) is 0 Å². The topological polar surface area (TPSA) is 112 Å². The predicted octanol–water partition coefficient (Wildman–Crippen LogP) is 0.808. The highest BCUT2D eigenvalue weighted by Crippen LogP contribution is 2.14. The summed E-state index contributed by atoms with van der Waals surface area (Å²) in [7, 11) is 0. The van der Waals surface area contributed by atoms with Crippen molar-refractivity contribution < 1.29 is 0 Å². The Morgan fingerprint density at radius 3 is 2.54 bits per heavy atom. The van der Waals surface area contributed by atoms with E-state index in [9.17, 15) is 4.79 Å². The Balaban J connectivity index is 1.99. The highest BCUT2D eigenvalue weighted by atomic mass is 16.1. The second-order valence-electron chi connectivity index (χ2n) is 5.33. The molecule has 4 N–H and O–H groups in total. The molecule has 3 aromatic rings. The van der Waals surface area contributed by atoms with Gasteiger partial charge >= 0.3 is 0 Å². The molecular formula is C17H18N6O. The third-order valence-electron chi connectivity index (χ3n) is 3.66. The lowest BCUT2D eigenvalue weighted by atomic mass is 10.1. The fourth-order valence-corrected chi connectivity index (χ4v) is 2.51. The van der Waals surface area contributed by atoms with Gasteiger partial charge in [0.25, 0.3) is 5.56 Å². The van der Waals surface area contributed by atoms with Crippen molar-refractivity contribution in [2.24, 2.45) is 16.5 Å². The van der Waals surface area contributed by atoms with Crippen LogP contribution in [0.15, 0.2) is 58.4 Å². The van der Waals surface area contributed by atoms with Crippen molar-refractivity contribution in [3.05, 3.63) is 70.4 Å². The predicted molar refractivity (Wildman–Crippen MR) is 93.5 cm³/mol. The Morgan fingerprint density at radius 2 is 1.83 bits per heavy atom. The molecule has 0 spiro atoms. The minimum Gasteiger partial charge on any atom is -0.370 e. The van der Waals surface area contributed by atoms with Gasteiger partial charge in [-0.15, -0.1) is 0 Å². The van der Waals surface area contributed by atoms with E-state index in [-0.39, 0.29) is 18.1 Å². The Morgan fingerprint density at radius 1 is 1.08 bits per heavy atom. The summed E-state index contributed by atoms with van der Waals surface area (Å²) in [6.07, 6.45) is 2.35. The first kappa shape index (κ1) is 15.7. The van der Waals surface area contributed by atoms with Gasteiger partial charge in [-0.3, -0.25) is 9.78 Å². The fraction of sp³-hybridized carbons (Fsp3) is 0.176. The highest BCUT2D eigenvalue weighted by molar-refractivity contribution is 5.84. The van der Waals surface area contributed by atoms with E-state index in [4.69, 9.17) is 11.5 Å². The maximum absolute atomic E-state index is 12.6. The third kappa shape index (κ3) is 3.40. The van der Waals surface area contributed by atoms with Crippen molar-refractivity contribution in [1.29, 1.82) is 0 Å². The maximum Gasteiger partial charge on any atom is 0.274 e. The number of guanidine groups is 1. The number of aliphatic imine (C=N–C) groups is 1. The number of fused-ring (bicyclic) bond motifs is 1. The van der Waals surface area contributed by atoms with E-state index in [2.05, 4.69) is 15.1 Å². The monoisotopic (exact) mass is 322 g/mol. The van der Waals surface area contributed by atoms with Crippen LogP contribution in [0.1, 0.15) is 11.4 Å². The minimum atomic E-state index is -0.130. The van der Waals surface area contributed by atoms with Crippen LogP contribution in [0.5, 0.6) is 0 Å². The van der Waals surface area contributed by atoms with Crippen LogP contribution in [0, 0.1) is 0 Å². The van der Waals surface area contributed by atoms with Gasteiger partial charge in [0, 0.05) is 23.7 Å². The van der Waals surface area contributed by atoms with Gasteiger partial charge in [0.2, 0.25) is 0 Å². The van der Waals surface area contributed by atoms with Gasteiger partial charge < -0.3 is 11.5 Å². The highest BCUT2D eigenvalue weighted by Gasteiger charge is 2.10. The molecule has 0 fully saturated rings. The van der Waals surface area contributed by atoms with Gasteiger partial charge in [-0.05, 0) is 18.2 Å². The van der Waals surface area contributed by atoms with Gasteiger partial charge in [-0.2, -0.15) is 5.10 Å². The van der Waals surface area contributed by atoms with E-state index in [0.29, 0.717) is 24.0 Å². The normalized spacial score (nSPS) is 10.7. The number of aromatic nitrogens is 3. The van der Waals surface area contributed by atoms with Crippen LogP contribution in [-0.2, 0) is 19.5 Å². The summed E-state index contributed by atoms with van der Waals surface area (Å²) in [5.41, 5.74) is 12.3. The Hall–Kier alpha value is -3.22. The van der Waals surface area contributed by atoms with E-state index in [1.807, 2.05) is 36.4 Å². The SMILES string of the molecule is NC(N)=NCc1nn(CCc2ccccn2)c(=O)c2ccccc12. The first-order chi connectivity index (χ1) is 11.6. The second kappa shape index (κ2) is 6.91. The van der Waals surface area contributed by atoms with Crippen LogP contribution in [-0.4, -0.2) is 20.7 Å². The van der Waals surface area contributed by atoms with E-state index in [0.717, 1.165) is 11.1 Å². The Kier molecular flexibility index (Phi) is 4.51. The lowest BCUT2D eigenvalue weighted by Gasteiger charge is -2.10. The average molecular weight is 322 g/mol. The summed E-state index contributed by atoms with van der Waals surface area (Å²) >= 11 is 0. The largest absolute Gasteiger partial charge is 0.370 e. The second-order valence-corrected chi connectivity index (χ2v) is 5.33. The number of benzene rings is 1. The molecule has 0 unspecified atom stereocenters. The zero-order valence-corrected chi connectivity index (χ0v) is 13.1. The van der Waals surface area contributed by atoms with Gasteiger partial charge in [-0.1, -0.05) is 24.3 Å². The number of pyridine rings is 1. The molecule has 0 aliphatic heterocycles. The molecule has 2 heterocycles. The number of hydrogen-bond donors (Lipinski definition) is 2. The minimum absolute atomic E-state index is 0.00730. The molecule has 122 valence electrons. The number of nitrogens with zero attached hydrogens (tertiary/aromatic N) is 4. The van der Waals surface area contributed by atoms with E-state index in [1.54, 1.807) is 12.3 Å². The molecular weight excluding hydrogens is 304 g/mol. The molecule has 0 aliphatic rings. The first-order valence-corrected chi connectivity index (χ1v) is 7.59. The number of aryl methyl sites for hydroxylation is 2. The zero-order chi connectivity index (χ0) is 16.9. The third-order valence-corrected chi connectivity index (χ3v) is 3.66. The molecule has 0 amide bonds. The van der Waals surface area contributed by atoms with E-state index < -0.39 is 0 Å². The average Bonchev–Trinajstić information content (AvgIpc) is 2.61. The lowest BCUT2D eigenvalue weighted by molar-refractivity contribution is 0.567. The van der Waals surface area contributed by atoms with Gasteiger partial charge in [0.1, 0.15) is 0 Å². The van der Waals surface area contributed by atoms with E-state index in [1.165, 1.54) is 4.68 Å². The quantitative estimate of drug-likeness (QED) is 0.533. The van der Waals surface area contributed by atoms with Gasteiger partial charge in [-0.25, -0.2) is 9.67 Å². The Labute approximate surface area is 138 Å². The molecule has 1 aromatic carbocycles. The molecule has 0 atom stereocenters. The van der Waals surface area contributed by atoms with Crippen LogP contribution in [0.3, 0.4) is 0 Å². The molecule has 0 saturated carbocycles. The van der Waals surface area contributed by atoms with Gasteiger partial charge in [0.15, 0.2) is 5.96 Å². The molecule has 0 radical (unpaired) electrons. The van der Waals surface area contributed by atoms with Crippen molar-refractivity contribution in [3.63, 3.8) is 0 Å². The summed E-state index contributed by atoms with van der Waals surface area (Å²) in [6.45, 7) is 0.669. The molecule has 3 rings (SSSR count). The number of nitrogens with two attached hydrogens (primary N) is 2. The molecule has 24 heavy (non-hydrogen) atoms. The summed E-state index contributed by atoms with van der Waals surface area (Å²) in [6, 6.07) is 13.0. The van der Waals surface area contributed by atoms with Crippen molar-refractivity contribution in [1.82, 2.24) is 14.8 Å². The molecule has 2 aromatic heterocycles. The molecule has 7 nitrogen and oxygen atoms in total. The summed E-state index contributed by atoms with van der Waals surface area (Å²) in [5, 5.41) is 5.82. The van der Waals surface area contributed by atoms with Crippen LogP contribution in [0.2, 0.25) is 0 Å². The number of hydrogen-bond acceptors (Lipinski definition) is 4. The molecule has 7 heteroatoms. The zero-order valence-electron chi connectivity index (χ0n) is 13.1.